The first kappa shape index (κ1) is 38.3. The van der Waals surface area contributed by atoms with Gasteiger partial charge in [-0.25, -0.2) is 0 Å². The fourth-order valence-electron chi connectivity index (χ4n) is 5.05. The number of nitrogens with one attached hydrogen (secondary N) is 4. The van der Waals surface area contributed by atoms with E-state index >= 15 is 0 Å². The molecule has 0 aliphatic carbocycles. The van der Waals surface area contributed by atoms with E-state index < -0.39 is 66.2 Å². The van der Waals surface area contributed by atoms with Crippen molar-refractivity contribution in [1.29, 1.82) is 0 Å². The molecule has 1 aliphatic heterocycles. The number of benzene rings is 1. The molecule has 1 saturated heterocycles. The van der Waals surface area contributed by atoms with Crippen LogP contribution in [0, 0.1) is 5.92 Å². The summed E-state index contributed by atoms with van der Waals surface area (Å²) in [6.07, 6.45) is 1.79. The van der Waals surface area contributed by atoms with E-state index in [0.29, 0.717) is 19.3 Å². The molecule has 0 spiro atoms. The van der Waals surface area contributed by atoms with E-state index in [-0.39, 0.29) is 56.5 Å². The van der Waals surface area contributed by atoms with E-state index in [2.05, 4.69) is 26.3 Å². The summed E-state index contributed by atoms with van der Waals surface area (Å²) in [6, 6.07) is 2.37. The number of nitrogens with zero attached hydrogens (tertiary/aromatic N) is 2. The van der Waals surface area contributed by atoms with Crippen LogP contribution >= 0.6 is 0 Å². The highest BCUT2D eigenvalue weighted by molar-refractivity contribution is 5.95. The van der Waals surface area contributed by atoms with Gasteiger partial charge in [0, 0.05) is 13.1 Å². The second-order valence-electron chi connectivity index (χ2n) is 11.8. The van der Waals surface area contributed by atoms with Gasteiger partial charge in [0.25, 0.3) is 0 Å². The third kappa shape index (κ3) is 13.5. The molecule has 6 amide bonds. The van der Waals surface area contributed by atoms with Crippen molar-refractivity contribution in [1.82, 2.24) is 26.2 Å². The molecule has 2 rings (SSSR count). The van der Waals surface area contributed by atoms with E-state index in [1.165, 1.54) is 17.0 Å². The topological polar surface area (TPSA) is 290 Å². The summed E-state index contributed by atoms with van der Waals surface area (Å²) >= 11 is 0. The van der Waals surface area contributed by atoms with Crippen molar-refractivity contribution in [3.8, 4) is 5.75 Å². The molecule has 1 heterocycles. The van der Waals surface area contributed by atoms with Crippen LogP contribution in [-0.2, 0) is 35.2 Å². The highest BCUT2D eigenvalue weighted by Gasteiger charge is 2.37. The molecular weight excluding hydrogens is 612 g/mol. The van der Waals surface area contributed by atoms with Gasteiger partial charge >= 0.3 is 0 Å². The Balaban J connectivity index is 2.05. The van der Waals surface area contributed by atoms with Gasteiger partial charge in [-0.15, -0.1) is 0 Å². The van der Waals surface area contributed by atoms with Crippen molar-refractivity contribution in [2.24, 2.45) is 33.8 Å². The van der Waals surface area contributed by atoms with Gasteiger partial charge in [0.2, 0.25) is 35.4 Å². The van der Waals surface area contributed by atoms with Crippen molar-refractivity contribution >= 4 is 41.4 Å². The average Bonchev–Trinajstić information content (AvgIpc) is 3.50. The van der Waals surface area contributed by atoms with Crippen LogP contribution in [0.4, 0.5) is 0 Å². The number of aliphatic imine (C=N–C) groups is 1. The number of likely N-dealkylation sites (tertiary alicyclic amines) is 1. The smallest absolute Gasteiger partial charge is 0.245 e. The van der Waals surface area contributed by atoms with Crippen LogP contribution in [0.15, 0.2) is 29.3 Å². The molecular formula is C30H48N10O7. The van der Waals surface area contributed by atoms with Gasteiger partial charge in [-0.05, 0) is 62.1 Å². The average molecular weight is 661 g/mol. The summed E-state index contributed by atoms with van der Waals surface area (Å²) in [7, 11) is 0. The number of guanidine groups is 1. The minimum absolute atomic E-state index is 0.00833. The Kier molecular flexibility index (Phi) is 15.4. The minimum atomic E-state index is -1.07. The number of phenols is 1. The number of carbonyl (C=O) groups is 6. The van der Waals surface area contributed by atoms with E-state index in [1.807, 2.05) is 13.8 Å². The first-order chi connectivity index (χ1) is 22.2. The van der Waals surface area contributed by atoms with Gasteiger partial charge in [0.1, 0.15) is 23.9 Å². The van der Waals surface area contributed by atoms with Crippen LogP contribution < -0.4 is 44.2 Å². The molecule has 0 radical (unpaired) electrons. The fourth-order valence-corrected chi connectivity index (χ4v) is 5.05. The summed E-state index contributed by atoms with van der Waals surface area (Å²) in [5, 5.41) is 19.7. The van der Waals surface area contributed by atoms with Crippen LogP contribution in [0.3, 0.4) is 0 Å². The van der Waals surface area contributed by atoms with E-state index in [1.54, 1.807) is 12.1 Å². The molecule has 4 atom stereocenters. The maximum Gasteiger partial charge on any atom is 0.245 e. The lowest BCUT2D eigenvalue weighted by Crippen LogP contribution is -2.56. The largest absolute Gasteiger partial charge is 0.508 e. The maximum atomic E-state index is 13.6. The zero-order valence-corrected chi connectivity index (χ0v) is 26.9. The number of aromatic hydroxyl groups is 1. The summed E-state index contributed by atoms with van der Waals surface area (Å²) < 4.78 is 0. The lowest BCUT2D eigenvalue weighted by Gasteiger charge is -2.29. The first-order valence-corrected chi connectivity index (χ1v) is 15.5. The van der Waals surface area contributed by atoms with Crippen LogP contribution in [0.5, 0.6) is 5.75 Å². The standard InChI is InChI=1S/C30H48N10O7/c1-17(2)13-22(39-26(44)20(31)14-18-7-9-19(41)10-8-18)27(45)37-16-25(43)38-21(5-3-11-35-30(33)34)29(47)40-12-4-6-23(40)28(46)36-15-24(32)42/h7-10,17,20-23,41H,3-6,11-16,31H2,1-2H3,(H2,32,42)(H,36,46)(H,37,45)(H,38,43)(H,39,44)(H4,33,34,35)/t20-,21-,22-,23-/m0/s1. The van der Waals surface area contributed by atoms with Crippen molar-refractivity contribution in [3.05, 3.63) is 29.8 Å². The number of hydrogen-bond acceptors (Lipinski definition) is 9. The summed E-state index contributed by atoms with van der Waals surface area (Å²) in [6.45, 7) is 3.31. The highest BCUT2D eigenvalue weighted by Crippen LogP contribution is 2.20. The third-order valence-corrected chi connectivity index (χ3v) is 7.35. The Morgan fingerprint density at radius 2 is 1.64 bits per heavy atom. The number of amides is 6. The molecule has 1 aromatic carbocycles. The predicted molar refractivity (Wildman–Crippen MR) is 173 cm³/mol. The van der Waals surface area contributed by atoms with Gasteiger partial charge in [-0.2, -0.15) is 0 Å². The quantitative estimate of drug-likeness (QED) is 0.0438. The highest BCUT2D eigenvalue weighted by atomic mass is 16.3. The van der Waals surface area contributed by atoms with E-state index in [4.69, 9.17) is 22.9 Å². The molecule has 13 N–H and O–H groups in total. The van der Waals surface area contributed by atoms with Gasteiger partial charge in [-0.1, -0.05) is 26.0 Å². The number of primary amides is 1. The normalized spacial score (nSPS) is 16.0. The molecule has 47 heavy (non-hydrogen) atoms. The Hall–Kier alpha value is -4.93. The zero-order chi connectivity index (χ0) is 35.1. The Labute approximate surface area is 273 Å². The van der Waals surface area contributed by atoms with Crippen molar-refractivity contribution in [2.75, 3.05) is 26.2 Å². The lowest BCUT2D eigenvalue weighted by molar-refractivity contribution is -0.141. The Morgan fingerprint density at radius 3 is 2.26 bits per heavy atom. The van der Waals surface area contributed by atoms with E-state index in [0.717, 1.165) is 5.56 Å². The zero-order valence-electron chi connectivity index (χ0n) is 26.9. The molecule has 1 fully saturated rings. The van der Waals surface area contributed by atoms with Crippen LogP contribution in [0.1, 0.15) is 51.5 Å². The second kappa shape index (κ2) is 18.9. The molecule has 1 aliphatic rings. The monoisotopic (exact) mass is 660 g/mol. The van der Waals surface area contributed by atoms with Crippen LogP contribution in [0.2, 0.25) is 0 Å². The SMILES string of the molecule is CC(C)C[C@H](NC(=O)[C@@H](N)Cc1ccc(O)cc1)C(=O)NCC(=O)N[C@@H](CCCN=C(N)N)C(=O)N1CCC[C@H]1C(=O)NCC(N)=O. The van der Waals surface area contributed by atoms with Crippen molar-refractivity contribution in [2.45, 2.75) is 76.5 Å². The second-order valence-corrected chi connectivity index (χ2v) is 11.8. The lowest BCUT2D eigenvalue weighted by atomic mass is 10.0. The molecule has 0 unspecified atom stereocenters. The van der Waals surface area contributed by atoms with Gasteiger partial charge < -0.3 is 54.2 Å². The Morgan fingerprint density at radius 1 is 0.957 bits per heavy atom. The predicted octanol–water partition coefficient (Wildman–Crippen LogP) is -2.96. The van der Waals surface area contributed by atoms with Gasteiger partial charge in [0.15, 0.2) is 5.96 Å². The maximum absolute atomic E-state index is 13.6. The molecule has 0 aromatic heterocycles. The molecule has 1 aromatic rings. The van der Waals surface area contributed by atoms with Gasteiger partial charge in [0.05, 0.1) is 19.1 Å². The number of hydrogen-bond donors (Lipinski definition) is 9. The summed E-state index contributed by atoms with van der Waals surface area (Å²) in [5.41, 5.74) is 22.7. The molecule has 0 saturated carbocycles. The molecule has 0 bridgehead atoms. The van der Waals surface area contributed by atoms with Crippen LogP contribution in [-0.4, -0.2) is 102 Å². The number of rotatable bonds is 18. The summed E-state index contributed by atoms with van der Waals surface area (Å²) in [5.74, 6) is -3.67. The minimum Gasteiger partial charge on any atom is -0.508 e. The molecule has 17 heteroatoms. The van der Waals surface area contributed by atoms with Crippen LogP contribution in [0.25, 0.3) is 0 Å². The molecule has 260 valence electrons. The van der Waals surface area contributed by atoms with Crippen molar-refractivity contribution < 1.29 is 33.9 Å². The fraction of sp³-hybridized carbons (Fsp3) is 0.567. The van der Waals surface area contributed by atoms with E-state index in [9.17, 15) is 33.9 Å². The third-order valence-electron chi connectivity index (χ3n) is 7.35. The number of phenolic OH excluding ortho intramolecular Hbond substituents is 1. The van der Waals surface area contributed by atoms with Crippen molar-refractivity contribution in [3.63, 3.8) is 0 Å². The molecule has 17 nitrogen and oxygen atoms in total. The Bertz CT molecular complexity index is 1280. The number of carbonyl (C=O) groups excluding carboxylic acids is 6. The first-order valence-electron chi connectivity index (χ1n) is 15.5. The number of nitrogens with two attached hydrogens (primary N) is 4. The van der Waals surface area contributed by atoms with Gasteiger partial charge in [-0.3, -0.25) is 33.8 Å². The summed E-state index contributed by atoms with van der Waals surface area (Å²) in [4.78, 5) is 81.5.